The maximum Gasteiger partial charge on any atom is 0.498 e. The van der Waals surface area contributed by atoms with Gasteiger partial charge in [0.05, 0.1) is 11.2 Å². The lowest BCUT2D eigenvalue weighted by Gasteiger charge is -2.32. The Bertz CT molecular complexity index is 544. The fraction of sp³-hybridized carbons (Fsp3) is 0.647. The zero-order valence-electron chi connectivity index (χ0n) is 14.9. The molecule has 0 amide bonds. The van der Waals surface area contributed by atoms with E-state index in [1.807, 2.05) is 41.5 Å². The van der Waals surface area contributed by atoms with Crippen molar-refractivity contribution >= 4 is 12.6 Å². The minimum Gasteiger partial charge on any atom is -0.468 e. The van der Waals surface area contributed by atoms with Crippen LogP contribution in [0.2, 0.25) is 0 Å². The maximum absolute atomic E-state index is 13.1. The van der Waals surface area contributed by atoms with Crippen molar-refractivity contribution in [1.82, 2.24) is 0 Å². The molecule has 128 valence electrons. The smallest absolute Gasteiger partial charge is 0.468 e. The lowest BCUT2D eigenvalue weighted by atomic mass is 9.75. The van der Waals surface area contributed by atoms with Crippen molar-refractivity contribution in [2.45, 2.75) is 59.4 Å². The van der Waals surface area contributed by atoms with Crippen LogP contribution < -0.4 is 10.2 Å². The quantitative estimate of drug-likeness (QED) is 0.458. The van der Waals surface area contributed by atoms with E-state index in [0.717, 1.165) is 11.0 Å². The predicted molar refractivity (Wildman–Crippen MR) is 88.8 cm³/mol. The van der Waals surface area contributed by atoms with Crippen LogP contribution >= 0.6 is 0 Å². The van der Waals surface area contributed by atoms with Crippen LogP contribution in [0.5, 0.6) is 5.75 Å². The second kappa shape index (κ2) is 6.79. The van der Waals surface area contributed by atoms with Gasteiger partial charge in [-0.2, -0.15) is 0 Å². The van der Waals surface area contributed by atoms with Crippen molar-refractivity contribution < 1.29 is 23.2 Å². The largest absolute Gasteiger partial charge is 0.498 e. The molecule has 0 aliphatic carbocycles. The fourth-order valence-corrected chi connectivity index (χ4v) is 2.49. The molecule has 0 spiro atoms. The minimum absolute atomic E-state index is 0.109. The molecule has 1 aliphatic rings. The number of hydrogen-bond acceptors (Lipinski definition) is 4. The molecule has 0 bridgehead atoms. The third-order valence-corrected chi connectivity index (χ3v) is 4.55. The molecule has 23 heavy (non-hydrogen) atoms. The molecule has 1 saturated heterocycles. The van der Waals surface area contributed by atoms with Crippen LogP contribution in [0.3, 0.4) is 0 Å². The Morgan fingerprint density at radius 2 is 1.74 bits per heavy atom. The number of benzene rings is 1. The normalized spacial score (nSPS) is 19.2. The topological polar surface area (TPSA) is 36.9 Å². The van der Waals surface area contributed by atoms with Crippen LogP contribution in [0.15, 0.2) is 12.1 Å². The highest BCUT2D eigenvalue weighted by Crippen LogP contribution is 2.37. The molecular formula is C17H26BFO4. The summed E-state index contributed by atoms with van der Waals surface area (Å²) in [5, 5.41) is 0. The summed E-state index contributed by atoms with van der Waals surface area (Å²) in [6.45, 7) is 11.9. The molecule has 1 aromatic rings. The van der Waals surface area contributed by atoms with Gasteiger partial charge in [-0.05, 0) is 58.7 Å². The Kier molecular flexibility index (Phi) is 5.39. The molecule has 0 unspecified atom stereocenters. The zero-order chi connectivity index (χ0) is 17.3. The van der Waals surface area contributed by atoms with Crippen LogP contribution in [0.4, 0.5) is 4.39 Å². The summed E-state index contributed by atoms with van der Waals surface area (Å²) >= 11 is 0. The van der Waals surface area contributed by atoms with Crippen molar-refractivity contribution in [3.8, 4) is 5.75 Å². The van der Waals surface area contributed by atoms with E-state index in [4.69, 9.17) is 18.8 Å². The molecule has 1 aromatic carbocycles. The average Bonchev–Trinajstić information content (AvgIpc) is 2.66. The Morgan fingerprint density at radius 1 is 1.13 bits per heavy atom. The number of ether oxygens (including phenoxy) is 2. The monoisotopic (exact) mass is 324 g/mol. The summed E-state index contributed by atoms with van der Waals surface area (Å²) in [5.41, 5.74) is 1.35. The fourth-order valence-electron chi connectivity index (χ4n) is 2.49. The van der Waals surface area contributed by atoms with Crippen LogP contribution in [-0.4, -0.2) is 31.7 Å². The van der Waals surface area contributed by atoms with Crippen LogP contribution in [-0.2, 0) is 20.7 Å². The first-order valence-electron chi connectivity index (χ1n) is 7.97. The Balaban J connectivity index is 2.37. The number of halogens is 1. The van der Waals surface area contributed by atoms with Crippen molar-refractivity contribution in [3.63, 3.8) is 0 Å². The first-order chi connectivity index (χ1) is 10.7. The standard InChI is InChI=1S/C17H26BFO4/c1-7-20-11-21-14-9-13(10-19)8-12(2)15(14)18-22-16(3,4)17(5,6)23-18/h8-9H,7,10-11H2,1-6H3. The Labute approximate surface area is 138 Å². The van der Waals surface area contributed by atoms with Gasteiger partial charge in [-0.1, -0.05) is 6.07 Å². The third kappa shape index (κ3) is 3.70. The summed E-state index contributed by atoms with van der Waals surface area (Å²) < 4.78 is 36.3. The summed E-state index contributed by atoms with van der Waals surface area (Å²) in [4.78, 5) is 0. The summed E-state index contributed by atoms with van der Waals surface area (Å²) in [5.74, 6) is 0.546. The van der Waals surface area contributed by atoms with Gasteiger partial charge in [0.1, 0.15) is 12.4 Å². The van der Waals surface area contributed by atoms with E-state index in [1.54, 1.807) is 12.1 Å². The lowest BCUT2D eigenvalue weighted by molar-refractivity contribution is 0.00578. The van der Waals surface area contributed by atoms with Gasteiger partial charge < -0.3 is 18.8 Å². The highest BCUT2D eigenvalue weighted by molar-refractivity contribution is 6.63. The molecular weight excluding hydrogens is 298 g/mol. The van der Waals surface area contributed by atoms with E-state index in [9.17, 15) is 4.39 Å². The molecule has 0 atom stereocenters. The van der Waals surface area contributed by atoms with Crippen molar-refractivity contribution in [2.24, 2.45) is 0 Å². The van der Waals surface area contributed by atoms with E-state index >= 15 is 0 Å². The van der Waals surface area contributed by atoms with E-state index in [2.05, 4.69) is 0 Å². The number of aryl methyl sites for hydroxylation is 1. The Hall–Kier alpha value is -1.11. The van der Waals surface area contributed by atoms with Crippen molar-refractivity contribution in [1.29, 1.82) is 0 Å². The van der Waals surface area contributed by atoms with Gasteiger partial charge in [0.15, 0.2) is 6.79 Å². The average molecular weight is 324 g/mol. The molecule has 0 N–H and O–H groups in total. The molecule has 1 aliphatic heterocycles. The van der Waals surface area contributed by atoms with E-state index < -0.39 is 25.0 Å². The summed E-state index contributed by atoms with van der Waals surface area (Å²) in [6.07, 6.45) is 0. The second-order valence-corrected chi connectivity index (χ2v) is 6.80. The molecule has 0 saturated carbocycles. The summed E-state index contributed by atoms with van der Waals surface area (Å²) in [7, 11) is -0.551. The van der Waals surface area contributed by atoms with E-state index in [-0.39, 0.29) is 6.79 Å². The van der Waals surface area contributed by atoms with Crippen LogP contribution in [0, 0.1) is 6.92 Å². The Morgan fingerprint density at radius 3 is 2.26 bits per heavy atom. The van der Waals surface area contributed by atoms with Gasteiger partial charge >= 0.3 is 7.12 Å². The molecule has 0 radical (unpaired) electrons. The minimum atomic E-state index is -0.551. The SMILES string of the molecule is CCOCOc1cc(CF)cc(C)c1B1OC(C)(C)C(C)(C)O1. The van der Waals surface area contributed by atoms with Gasteiger partial charge in [-0.3, -0.25) is 0 Å². The molecule has 2 rings (SSSR count). The molecule has 0 aromatic heterocycles. The van der Waals surface area contributed by atoms with Gasteiger partial charge in [0.2, 0.25) is 0 Å². The van der Waals surface area contributed by atoms with Gasteiger partial charge in [-0.25, -0.2) is 4.39 Å². The van der Waals surface area contributed by atoms with Crippen molar-refractivity contribution in [3.05, 3.63) is 23.3 Å². The lowest BCUT2D eigenvalue weighted by Crippen LogP contribution is -2.41. The van der Waals surface area contributed by atoms with Gasteiger partial charge in [0.25, 0.3) is 0 Å². The van der Waals surface area contributed by atoms with Crippen LogP contribution in [0.25, 0.3) is 0 Å². The number of rotatable bonds is 6. The van der Waals surface area contributed by atoms with E-state index in [1.165, 1.54) is 0 Å². The van der Waals surface area contributed by atoms with E-state index in [0.29, 0.717) is 17.9 Å². The predicted octanol–water partition coefficient (Wildman–Crippen LogP) is 3.14. The highest BCUT2D eigenvalue weighted by Gasteiger charge is 2.52. The van der Waals surface area contributed by atoms with Crippen LogP contribution in [0.1, 0.15) is 45.7 Å². The second-order valence-electron chi connectivity index (χ2n) is 6.80. The molecule has 1 fully saturated rings. The highest BCUT2D eigenvalue weighted by atomic mass is 19.1. The van der Waals surface area contributed by atoms with Gasteiger partial charge in [-0.15, -0.1) is 0 Å². The number of hydrogen-bond donors (Lipinski definition) is 0. The maximum atomic E-state index is 13.1. The van der Waals surface area contributed by atoms with Crippen molar-refractivity contribution in [2.75, 3.05) is 13.4 Å². The summed E-state index contributed by atoms with van der Waals surface area (Å²) in [6, 6.07) is 3.49. The third-order valence-electron chi connectivity index (χ3n) is 4.55. The molecule has 1 heterocycles. The number of alkyl halides is 1. The molecule has 6 heteroatoms. The molecule has 4 nitrogen and oxygen atoms in total. The van der Waals surface area contributed by atoms with Gasteiger partial charge in [0, 0.05) is 12.1 Å². The first-order valence-corrected chi connectivity index (χ1v) is 7.97. The zero-order valence-corrected chi connectivity index (χ0v) is 14.9. The first kappa shape index (κ1) is 18.2.